The van der Waals surface area contributed by atoms with Gasteiger partial charge < -0.3 is 25.0 Å². The molecule has 0 aromatic heterocycles. The first-order valence-corrected chi connectivity index (χ1v) is 15.2. The number of aliphatic hydroxyl groups is 2. The summed E-state index contributed by atoms with van der Waals surface area (Å²) in [6, 6.07) is 24.4. The maximum Gasteiger partial charge on any atom is 0.252 e. The molecule has 1 heterocycles. The van der Waals surface area contributed by atoms with Crippen LogP contribution in [-0.4, -0.2) is 52.9 Å². The molecule has 1 aliphatic carbocycles. The molecule has 2 atom stereocenters. The van der Waals surface area contributed by atoms with Crippen molar-refractivity contribution in [3.8, 4) is 5.75 Å². The van der Waals surface area contributed by atoms with Crippen LogP contribution in [0.3, 0.4) is 0 Å². The minimum absolute atomic E-state index is 0.0527. The lowest BCUT2D eigenvalue weighted by Gasteiger charge is -2.35. The molecule has 0 radical (unpaired) electrons. The highest BCUT2D eigenvalue weighted by atomic mass is 16.5. The lowest BCUT2D eigenvalue weighted by molar-refractivity contribution is -0.130. The summed E-state index contributed by atoms with van der Waals surface area (Å²) >= 11 is 0. The first-order chi connectivity index (χ1) is 21.5. The van der Waals surface area contributed by atoms with Gasteiger partial charge in [0, 0.05) is 36.5 Å². The van der Waals surface area contributed by atoms with Crippen LogP contribution in [-0.2, 0) is 22.5 Å². The van der Waals surface area contributed by atoms with E-state index in [0.717, 1.165) is 36.0 Å². The lowest BCUT2D eigenvalue weighted by atomic mass is 9.80. The Bertz CT molecular complexity index is 1480. The molecular formula is C34H39N5O5. The predicted molar refractivity (Wildman–Crippen MR) is 167 cm³/mol. The Morgan fingerprint density at radius 2 is 1.73 bits per heavy atom. The zero-order chi connectivity index (χ0) is 30.8. The molecule has 0 bridgehead atoms. The number of hydrogen-bond donors (Lipinski definition) is 3. The maximum absolute atomic E-state index is 14.5. The van der Waals surface area contributed by atoms with Gasteiger partial charge in [-0.1, -0.05) is 79.0 Å². The molecule has 44 heavy (non-hydrogen) atoms. The Kier molecular flexibility index (Phi) is 10.2. The van der Waals surface area contributed by atoms with Gasteiger partial charge in [-0.25, -0.2) is 4.99 Å². The largest absolute Gasteiger partial charge is 0.494 e. The Balaban J connectivity index is 1.56. The summed E-state index contributed by atoms with van der Waals surface area (Å²) in [5.74, 6) is 0.625. The fraction of sp³-hybridized carbons (Fsp3) is 0.412. The van der Waals surface area contributed by atoms with Crippen LogP contribution in [0, 0.1) is 0 Å². The molecule has 1 fully saturated rings. The van der Waals surface area contributed by atoms with Crippen molar-refractivity contribution in [2.45, 2.75) is 68.7 Å². The van der Waals surface area contributed by atoms with E-state index in [0.29, 0.717) is 43.1 Å². The van der Waals surface area contributed by atoms with Gasteiger partial charge in [0.25, 0.3) is 5.91 Å². The van der Waals surface area contributed by atoms with Gasteiger partial charge in [0.05, 0.1) is 18.8 Å². The van der Waals surface area contributed by atoms with E-state index in [1.807, 2.05) is 78.9 Å². The van der Waals surface area contributed by atoms with E-state index in [1.165, 1.54) is 0 Å². The summed E-state index contributed by atoms with van der Waals surface area (Å²) in [6.45, 7) is 0.709. The van der Waals surface area contributed by atoms with Crippen LogP contribution in [0.25, 0.3) is 10.4 Å². The van der Waals surface area contributed by atoms with Crippen LogP contribution in [0.4, 0.5) is 0 Å². The number of carbonyl (C=O) groups is 1. The SMILES string of the molecule is [N-]=[N+]=NCc1ccccc1C[C@@]1(C(=O)NCC2(O)CCCCC2)N=C(c2ccc(OCCCO)cc2)O[C@@H]1c1ccccc1. The average molecular weight is 598 g/mol. The standard InChI is InChI=1S/C34H39N5O5/c35-39-37-23-28-13-6-5-12-27(28)22-34(32(41)36-24-33(42)18-7-2-8-19-33)30(25-10-3-1-4-11-25)44-31(38-34)26-14-16-29(17-15-26)43-21-9-20-40/h1,3-6,10-17,30,40,42H,2,7-9,18-24H2,(H,36,41)/t30-,34-/m1/s1. The minimum Gasteiger partial charge on any atom is -0.494 e. The summed E-state index contributed by atoms with van der Waals surface area (Å²) in [6.07, 6.45) is 4.12. The van der Waals surface area contributed by atoms with Crippen molar-refractivity contribution in [1.82, 2.24) is 5.32 Å². The topological polar surface area (TPSA) is 149 Å². The molecule has 3 N–H and O–H groups in total. The predicted octanol–water partition coefficient (Wildman–Crippen LogP) is 5.57. The van der Waals surface area contributed by atoms with Crippen LogP contribution in [0.15, 0.2) is 89.0 Å². The first kappa shape index (κ1) is 31.1. The van der Waals surface area contributed by atoms with Crippen LogP contribution in [0.5, 0.6) is 5.75 Å². The van der Waals surface area contributed by atoms with Crippen molar-refractivity contribution in [2.75, 3.05) is 19.8 Å². The van der Waals surface area contributed by atoms with Crippen molar-refractivity contribution >= 4 is 11.8 Å². The van der Waals surface area contributed by atoms with E-state index >= 15 is 0 Å². The third kappa shape index (κ3) is 7.22. The Hall–Kier alpha value is -4.37. The number of ether oxygens (including phenoxy) is 2. The highest BCUT2D eigenvalue weighted by Crippen LogP contribution is 2.43. The number of benzene rings is 3. The van der Waals surface area contributed by atoms with E-state index in [4.69, 9.17) is 25.1 Å². The Labute approximate surface area is 257 Å². The molecule has 1 amide bonds. The smallest absolute Gasteiger partial charge is 0.252 e. The van der Waals surface area contributed by atoms with E-state index in [9.17, 15) is 9.90 Å². The zero-order valence-electron chi connectivity index (χ0n) is 24.8. The molecule has 5 rings (SSSR count). The third-order valence-corrected chi connectivity index (χ3v) is 8.38. The summed E-state index contributed by atoms with van der Waals surface area (Å²) < 4.78 is 12.3. The number of aliphatic imine (C=N–C) groups is 1. The van der Waals surface area contributed by atoms with Gasteiger partial charge in [-0.3, -0.25) is 4.79 Å². The second kappa shape index (κ2) is 14.4. The molecule has 0 saturated heterocycles. The number of aliphatic hydroxyl groups excluding tert-OH is 1. The lowest BCUT2D eigenvalue weighted by Crippen LogP contribution is -2.54. The van der Waals surface area contributed by atoms with Crippen molar-refractivity contribution < 1.29 is 24.5 Å². The number of nitrogens with one attached hydrogen (secondary N) is 1. The van der Waals surface area contributed by atoms with Crippen molar-refractivity contribution in [3.05, 3.63) is 112 Å². The summed E-state index contributed by atoms with van der Waals surface area (Å²) in [5.41, 5.74) is 9.69. The number of carbonyl (C=O) groups excluding carboxylic acids is 1. The normalized spacial score (nSPS) is 20.6. The van der Waals surface area contributed by atoms with Crippen LogP contribution < -0.4 is 10.1 Å². The van der Waals surface area contributed by atoms with Gasteiger partial charge in [-0.2, -0.15) is 0 Å². The molecule has 1 aliphatic heterocycles. The van der Waals surface area contributed by atoms with Crippen molar-refractivity contribution in [2.24, 2.45) is 10.1 Å². The van der Waals surface area contributed by atoms with Crippen molar-refractivity contribution in [1.29, 1.82) is 0 Å². The number of hydrogen-bond acceptors (Lipinski definition) is 7. The van der Waals surface area contributed by atoms with Crippen LogP contribution in [0.2, 0.25) is 0 Å². The summed E-state index contributed by atoms with van der Waals surface area (Å²) in [7, 11) is 0. The maximum atomic E-state index is 14.5. The summed E-state index contributed by atoms with van der Waals surface area (Å²) in [4.78, 5) is 22.5. The minimum atomic E-state index is -1.43. The number of amides is 1. The zero-order valence-corrected chi connectivity index (χ0v) is 24.8. The van der Waals surface area contributed by atoms with Gasteiger partial charge in [-0.15, -0.1) is 0 Å². The fourth-order valence-electron chi connectivity index (χ4n) is 5.98. The van der Waals surface area contributed by atoms with E-state index < -0.39 is 17.2 Å². The fourth-order valence-corrected chi connectivity index (χ4v) is 5.98. The second-order valence-corrected chi connectivity index (χ2v) is 11.5. The molecule has 2 aliphatic rings. The van der Waals surface area contributed by atoms with Gasteiger partial charge in [0.2, 0.25) is 5.90 Å². The first-order valence-electron chi connectivity index (χ1n) is 15.2. The molecular weight excluding hydrogens is 558 g/mol. The second-order valence-electron chi connectivity index (χ2n) is 11.5. The van der Waals surface area contributed by atoms with Gasteiger partial charge in [0.15, 0.2) is 11.6 Å². The highest BCUT2D eigenvalue weighted by molar-refractivity contribution is 6.01. The molecule has 10 heteroatoms. The van der Waals surface area contributed by atoms with Gasteiger partial charge in [0.1, 0.15) is 5.75 Å². The van der Waals surface area contributed by atoms with Crippen LogP contribution in [0.1, 0.15) is 66.9 Å². The number of azide groups is 1. The molecule has 230 valence electrons. The van der Waals surface area contributed by atoms with E-state index in [1.54, 1.807) is 0 Å². The Morgan fingerprint density at radius 1 is 1.02 bits per heavy atom. The quantitative estimate of drug-likeness (QED) is 0.102. The third-order valence-electron chi connectivity index (χ3n) is 8.38. The van der Waals surface area contributed by atoms with Crippen molar-refractivity contribution in [3.63, 3.8) is 0 Å². The molecule has 1 saturated carbocycles. The molecule has 10 nitrogen and oxygen atoms in total. The van der Waals surface area contributed by atoms with Gasteiger partial charge in [-0.05, 0) is 59.3 Å². The monoisotopic (exact) mass is 597 g/mol. The number of nitrogens with zero attached hydrogens (tertiary/aromatic N) is 4. The molecule has 0 unspecified atom stereocenters. The Morgan fingerprint density at radius 3 is 2.43 bits per heavy atom. The average Bonchev–Trinajstić information content (AvgIpc) is 3.45. The molecule has 0 spiro atoms. The molecule has 3 aromatic carbocycles. The summed E-state index contributed by atoms with van der Waals surface area (Å²) in [5, 5.41) is 27.1. The van der Waals surface area contributed by atoms with Gasteiger partial charge >= 0.3 is 0 Å². The number of rotatable bonds is 13. The van der Waals surface area contributed by atoms with E-state index in [-0.39, 0.29) is 32.0 Å². The molecule has 3 aromatic rings. The van der Waals surface area contributed by atoms with Crippen LogP contribution >= 0.6 is 0 Å². The highest BCUT2D eigenvalue weighted by Gasteiger charge is 2.53. The van der Waals surface area contributed by atoms with E-state index in [2.05, 4.69) is 15.3 Å².